The van der Waals surface area contributed by atoms with E-state index >= 15 is 0 Å². The number of hydrogen-bond donors (Lipinski definition) is 1. The Balaban J connectivity index is 1.94. The molecule has 6 heteroatoms. The number of rotatable bonds is 3. The van der Waals surface area contributed by atoms with Crippen LogP contribution in [0.25, 0.3) is 16.4 Å². The molecular weight excluding hydrogens is 246 g/mol. The van der Waals surface area contributed by atoms with Crippen LogP contribution in [0.15, 0.2) is 41.9 Å². The van der Waals surface area contributed by atoms with Gasteiger partial charge in [0.25, 0.3) is 0 Å². The van der Waals surface area contributed by atoms with Crippen molar-refractivity contribution >= 4 is 11.3 Å². The fourth-order valence-electron chi connectivity index (χ4n) is 1.57. The van der Waals surface area contributed by atoms with E-state index in [4.69, 9.17) is 5.73 Å². The first-order valence-corrected chi connectivity index (χ1v) is 6.37. The minimum atomic E-state index is 0.448. The van der Waals surface area contributed by atoms with E-state index < -0.39 is 0 Å². The second-order valence-electron chi connectivity index (χ2n) is 3.70. The Labute approximate surface area is 108 Å². The molecule has 0 aliphatic carbocycles. The van der Waals surface area contributed by atoms with Crippen molar-refractivity contribution in [1.82, 2.24) is 20.0 Å². The van der Waals surface area contributed by atoms with Crippen LogP contribution in [0.4, 0.5) is 0 Å². The zero-order valence-electron chi connectivity index (χ0n) is 9.52. The highest BCUT2D eigenvalue weighted by Crippen LogP contribution is 2.21. The number of aromatic nitrogens is 4. The third kappa shape index (κ3) is 2.03. The molecule has 0 saturated heterocycles. The summed E-state index contributed by atoms with van der Waals surface area (Å²) in [4.78, 5) is 5.98. The van der Waals surface area contributed by atoms with Gasteiger partial charge in [-0.25, -0.2) is 4.98 Å². The first-order valence-electron chi connectivity index (χ1n) is 5.49. The third-order valence-electron chi connectivity index (χ3n) is 2.46. The molecule has 0 unspecified atom stereocenters. The zero-order chi connectivity index (χ0) is 12.4. The Morgan fingerprint density at radius 3 is 2.78 bits per heavy atom. The molecule has 2 aromatic heterocycles. The molecule has 0 aliphatic heterocycles. The van der Waals surface area contributed by atoms with Crippen molar-refractivity contribution in [3.8, 4) is 16.4 Å². The number of para-hydroxylation sites is 1. The Hall–Kier alpha value is -2.05. The molecule has 0 spiro atoms. The summed E-state index contributed by atoms with van der Waals surface area (Å²) in [5.41, 5.74) is 8.12. The lowest BCUT2D eigenvalue weighted by Crippen LogP contribution is -1.98. The number of nitrogens with two attached hydrogens (primary N) is 1. The van der Waals surface area contributed by atoms with E-state index in [2.05, 4.69) is 15.2 Å². The molecule has 2 N–H and O–H groups in total. The van der Waals surface area contributed by atoms with Crippen LogP contribution >= 0.6 is 11.3 Å². The molecule has 90 valence electrons. The summed E-state index contributed by atoms with van der Waals surface area (Å²) >= 11 is 1.53. The summed E-state index contributed by atoms with van der Waals surface area (Å²) in [7, 11) is 0. The normalized spacial score (nSPS) is 10.7. The quantitative estimate of drug-likeness (QED) is 0.777. The van der Waals surface area contributed by atoms with Crippen LogP contribution in [-0.2, 0) is 6.54 Å². The van der Waals surface area contributed by atoms with Gasteiger partial charge in [0.15, 0.2) is 0 Å². The summed E-state index contributed by atoms with van der Waals surface area (Å²) in [6, 6.07) is 9.78. The van der Waals surface area contributed by atoms with Gasteiger partial charge in [-0.15, -0.1) is 16.4 Å². The van der Waals surface area contributed by atoms with Gasteiger partial charge in [-0.1, -0.05) is 18.2 Å². The SMILES string of the molecule is NCc1csc(-c2cnn(-c3ccccc3)n2)n1. The molecule has 0 atom stereocenters. The maximum Gasteiger partial charge on any atom is 0.145 e. The lowest BCUT2D eigenvalue weighted by atomic mass is 10.3. The summed E-state index contributed by atoms with van der Waals surface area (Å²) in [6.45, 7) is 0.448. The van der Waals surface area contributed by atoms with Crippen molar-refractivity contribution in [2.75, 3.05) is 0 Å². The van der Waals surface area contributed by atoms with Gasteiger partial charge in [-0.05, 0) is 12.1 Å². The van der Waals surface area contributed by atoms with E-state index in [0.29, 0.717) is 6.54 Å². The Kier molecular flexibility index (Phi) is 2.87. The van der Waals surface area contributed by atoms with Crippen LogP contribution < -0.4 is 5.73 Å². The van der Waals surface area contributed by atoms with E-state index in [1.165, 1.54) is 11.3 Å². The second kappa shape index (κ2) is 4.67. The van der Waals surface area contributed by atoms with Crippen LogP contribution in [0.5, 0.6) is 0 Å². The first-order chi connectivity index (χ1) is 8.86. The largest absolute Gasteiger partial charge is 0.325 e. The van der Waals surface area contributed by atoms with Crippen LogP contribution in [0, 0.1) is 0 Å². The van der Waals surface area contributed by atoms with Gasteiger partial charge in [0.1, 0.15) is 10.7 Å². The van der Waals surface area contributed by atoms with Crippen LogP contribution in [0.2, 0.25) is 0 Å². The fraction of sp³-hybridized carbons (Fsp3) is 0.0833. The highest BCUT2D eigenvalue weighted by Gasteiger charge is 2.09. The fourth-order valence-corrected chi connectivity index (χ4v) is 2.35. The Morgan fingerprint density at radius 2 is 2.06 bits per heavy atom. The minimum Gasteiger partial charge on any atom is -0.325 e. The van der Waals surface area contributed by atoms with Crippen LogP contribution in [-0.4, -0.2) is 20.0 Å². The zero-order valence-corrected chi connectivity index (χ0v) is 10.3. The monoisotopic (exact) mass is 257 g/mol. The highest BCUT2D eigenvalue weighted by molar-refractivity contribution is 7.13. The summed E-state index contributed by atoms with van der Waals surface area (Å²) < 4.78 is 0. The van der Waals surface area contributed by atoms with E-state index in [1.807, 2.05) is 35.7 Å². The van der Waals surface area contributed by atoms with Crippen molar-refractivity contribution < 1.29 is 0 Å². The molecule has 0 aliphatic rings. The smallest absolute Gasteiger partial charge is 0.145 e. The van der Waals surface area contributed by atoms with Crippen molar-refractivity contribution in [1.29, 1.82) is 0 Å². The lowest BCUT2D eigenvalue weighted by Gasteiger charge is -1.96. The van der Waals surface area contributed by atoms with Crippen molar-refractivity contribution in [2.24, 2.45) is 5.73 Å². The number of nitrogens with zero attached hydrogens (tertiary/aromatic N) is 4. The molecule has 0 fully saturated rings. The molecule has 18 heavy (non-hydrogen) atoms. The number of thiazole rings is 1. The molecule has 3 rings (SSSR count). The molecule has 0 bridgehead atoms. The maximum absolute atomic E-state index is 5.54. The summed E-state index contributed by atoms with van der Waals surface area (Å²) in [5, 5.41) is 11.4. The predicted molar refractivity (Wildman–Crippen MR) is 70.4 cm³/mol. The predicted octanol–water partition coefficient (Wildman–Crippen LogP) is 1.85. The van der Waals surface area contributed by atoms with Crippen LogP contribution in [0.1, 0.15) is 5.69 Å². The molecule has 2 heterocycles. The van der Waals surface area contributed by atoms with Crippen molar-refractivity contribution in [3.05, 3.63) is 47.6 Å². The van der Waals surface area contributed by atoms with E-state index in [0.717, 1.165) is 22.1 Å². The second-order valence-corrected chi connectivity index (χ2v) is 4.56. The van der Waals surface area contributed by atoms with Crippen LogP contribution in [0.3, 0.4) is 0 Å². The maximum atomic E-state index is 5.54. The molecule has 0 saturated carbocycles. The van der Waals surface area contributed by atoms with E-state index in [-0.39, 0.29) is 0 Å². The minimum absolute atomic E-state index is 0.448. The molecule has 3 aromatic rings. The molecule has 5 nitrogen and oxygen atoms in total. The third-order valence-corrected chi connectivity index (χ3v) is 3.37. The van der Waals surface area contributed by atoms with Gasteiger partial charge in [0.2, 0.25) is 0 Å². The molecule has 1 aromatic carbocycles. The van der Waals surface area contributed by atoms with Gasteiger partial charge in [-0.3, -0.25) is 0 Å². The lowest BCUT2D eigenvalue weighted by molar-refractivity contribution is 0.753. The highest BCUT2D eigenvalue weighted by atomic mass is 32.1. The summed E-state index contributed by atoms with van der Waals surface area (Å²) in [5.74, 6) is 0. The number of benzene rings is 1. The average molecular weight is 257 g/mol. The van der Waals surface area contributed by atoms with E-state index in [1.54, 1.807) is 11.0 Å². The molecular formula is C12H11N5S. The van der Waals surface area contributed by atoms with Gasteiger partial charge in [0, 0.05) is 11.9 Å². The average Bonchev–Trinajstić information content (AvgIpc) is 3.08. The van der Waals surface area contributed by atoms with Gasteiger partial charge in [0.05, 0.1) is 17.6 Å². The van der Waals surface area contributed by atoms with Gasteiger partial charge in [-0.2, -0.15) is 9.90 Å². The van der Waals surface area contributed by atoms with E-state index in [9.17, 15) is 0 Å². The molecule has 0 amide bonds. The van der Waals surface area contributed by atoms with Crippen molar-refractivity contribution in [3.63, 3.8) is 0 Å². The first kappa shape index (κ1) is 11.1. The Morgan fingerprint density at radius 1 is 1.22 bits per heavy atom. The van der Waals surface area contributed by atoms with Crippen molar-refractivity contribution in [2.45, 2.75) is 6.54 Å². The number of hydrogen-bond acceptors (Lipinski definition) is 5. The Bertz CT molecular complexity index is 643. The summed E-state index contributed by atoms with van der Waals surface area (Å²) in [6.07, 6.45) is 1.71. The van der Waals surface area contributed by atoms with Gasteiger partial charge >= 0.3 is 0 Å². The van der Waals surface area contributed by atoms with Gasteiger partial charge < -0.3 is 5.73 Å². The standard InChI is InChI=1S/C12H11N5S/c13-6-9-8-18-12(15-9)11-7-14-17(16-11)10-4-2-1-3-5-10/h1-5,7-8H,6,13H2. The molecule has 0 radical (unpaired) electrons. The topological polar surface area (TPSA) is 69.6 Å².